The molecule has 24 heavy (non-hydrogen) atoms. The summed E-state index contributed by atoms with van der Waals surface area (Å²) in [4.78, 5) is 4.14. The summed E-state index contributed by atoms with van der Waals surface area (Å²) in [6, 6.07) is 8.67. The average molecular weight is 328 g/mol. The fourth-order valence-electron chi connectivity index (χ4n) is 3.41. The maximum absolute atomic E-state index is 6.41. The Labute approximate surface area is 144 Å². The van der Waals surface area contributed by atoms with Gasteiger partial charge in [-0.3, -0.25) is 0 Å². The molecule has 1 aromatic heterocycles. The van der Waals surface area contributed by atoms with Gasteiger partial charge in [0.1, 0.15) is 0 Å². The fourth-order valence-corrected chi connectivity index (χ4v) is 3.41. The molecule has 1 fully saturated rings. The third kappa shape index (κ3) is 4.46. The van der Waals surface area contributed by atoms with E-state index in [-0.39, 0.29) is 6.10 Å². The Balaban J connectivity index is 1.70. The number of nitrogens with zero attached hydrogens (tertiary/aromatic N) is 2. The van der Waals surface area contributed by atoms with Crippen LogP contribution < -0.4 is 0 Å². The molecule has 2 unspecified atom stereocenters. The van der Waals surface area contributed by atoms with Crippen LogP contribution in [-0.4, -0.2) is 28.0 Å². The number of hydrogen-bond donors (Lipinski definition) is 0. The summed E-state index contributed by atoms with van der Waals surface area (Å²) >= 11 is 0. The quantitative estimate of drug-likeness (QED) is 0.771. The number of ether oxygens (including phenoxy) is 2. The summed E-state index contributed by atoms with van der Waals surface area (Å²) < 4.78 is 14.7. The molecule has 1 aliphatic rings. The number of aromatic nitrogens is 2. The summed E-state index contributed by atoms with van der Waals surface area (Å²) in [5.74, 6) is 0.0590. The summed E-state index contributed by atoms with van der Waals surface area (Å²) in [7, 11) is 0. The van der Waals surface area contributed by atoms with Crippen LogP contribution >= 0.6 is 0 Å². The molecule has 1 saturated heterocycles. The number of aryl methyl sites for hydroxylation is 2. The van der Waals surface area contributed by atoms with Crippen LogP contribution in [0.5, 0.6) is 0 Å². The van der Waals surface area contributed by atoms with E-state index in [1.807, 2.05) is 17.1 Å². The van der Waals surface area contributed by atoms with Crippen LogP contribution in [0.15, 0.2) is 43.0 Å². The van der Waals surface area contributed by atoms with Gasteiger partial charge in [0.15, 0.2) is 5.79 Å². The first-order valence-corrected chi connectivity index (χ1v) is 8.88. The van der Waals surface area contributed by atoms with E-state index in [1.165, 1.54) is 11.1 Å². The predicted octanol–water partition coefficient (Wildman–Crippen LogP) is 3.98. The van der Waals surface area contributed by atoms with Crippen LogP contribution in [0.4, 0.5) is 0 Å². The number of imidazole rings is 1. The van der Waals surface area contributed by atoms with Crippen molar-refractivity contribution in [3.05, 3.63) is 54.1 Å². The molecular weight excluding hydrogens is 300 g/mol. The van der Waals surface area contributed by atoms with E-state index in [0.29, 0.717) is 19.1 Å². The lowest BCUT2D eigenvalue weighted by Gasteiger charge is -2.29. The molecule has 0 saturated carbocycles. The molecule has 2 atom stereocenters. The highest BCUT2D eigenvalue weighted by Gasteiger charge is 2.41. The normalized spacial score (nSPS) is 23.9. The molecule has 2 heterocycles. The molecule has 0 bridgehead atoms. The van der Waals surface area contributed by atoms with Gasteiger partial charge in [0.25, 0.3) is 0 Å². The molecule has 4 nitrogen and oxygen atoms in total. The first kappa shape index (κ1) is 17.2. The fraction of sp³-hybridized carbons (Fsp3) is 0.550. The Hall–Kier alpha value is -1.65. The summed E-state index contributed by atoms with van der Waals surface area (Å²) in [6.45, 7) is 7.96. The van der Waals surface area contributed by atoms with Gasteiger partial charge in [0, 0.05) is 18.8 Å². The van der Waals surface area contributed by atoms with Gasteiger partial charge in [-0.05, 0) is 31.2 Å². The standard InChI is InChI=1S/C20H28N2O2/c1-16(2)11-19-13-23-20(24-19,14-22-10-9-21-15-22)8-7-18-6-4-5-17(3)12-18/h4-6,9-10,12,15-16,19H,7-8,11,13-14H2,1-3H3. The molecular formula is C20H28N2O2. The van der Waals surface area contributed by atoms with Crippen molar-refractivity contribution in [1.82, 2.24) is 9.55 Å². The van der Waals surface area contributed by atoms with Gasteiger partial charge < -0.3 is 14.0 Å². The van der Waals surface area contributed by atoms with Crippen LogP contribution in [0.2, 0.25) is 0 Å². The predicted molar refractivity (Wildman–Crippen MR) is 94.7 cm³/mol. The van der Waals surface area contributed by atoms with E-state index in [9.17, 15) is 0 Å². The second-order valence-electron chi connectivity index (χ2n) is 7.32. The van der Waals surface area contributed by atoms with E-state index in [2.05, 4.69) is 50.0 Å². The summed E-state index contributed by atoms with van der Waals surface area (Å²) in [6.07, 6.45) is 8.62. The Morgan fingerprint density at radius 1 is 1.38 bits per heavy atom. The van der Waals surface area contributed by atoms with Gasteiger partial charge in [-0.1, -0.05) is 43.7 Å². The van der Waals surface area contributed by atoms with Crippen molar-refractivity contribution in [2.24, 2.45) is 5.92 Å². The molecule has 1 aliphatic heterocycles. The first-order valence-electron chi connectivity index (χ1n) is 8.88. The highest BCUT2D eigenvalue weighted by Crippen LogP contribution is 2.33. The van der Waals surface area contributed by atoms with Crippen molar-refractivity contribution < 1.29 is 9.47 Å². The van der Waals surface area contributed by atoms with E-state index in [0.717, 1.165) is 19.3 Å². The van der Waals surface area contributed by atoms with Crippen molar-refractivity contribution in [2.75, 3.05) is 6.61 Å². The van der Waals surface area contributed by atoms with Crippen LogP contribution in [-0.2, 0) is 22.4 Å². The minimum Gasteiger partial charge on any atom is -0.345 e. The minimum atomic E-state index is -0.552. The molecule has 0 N–H and O–H groups in total. The Morgan fingerprint density at radius 2 is 2.25 bits per heavy atom. The van der Waals surface area contributed by atoms with Crippen molar-refractivity contribution >= 4 is 0 Å². The van der Waals surface area contributed by atoms with Crippen molar-refractivity contribution in [1.29, 1.82) is 0 Å². The molecule has 3 rings (SSSR count). The monoisotopic (exact) mass is 328 g/mol. The zero-order chi connectivity index (χ0) is 17.0. The average Bonchev–Trinajstić information content (AvgIpc) is 3.16. The van der Waals surface area contributed by atoms with Crippen LogP contribution in [0.3, 0.4) is 0 Å². The Morgan fingerprint density at radius 3 is 2.96 bits per heavy atom. The molecule has 0 aliphatic carbocycles. The second-order valence-corrected chi connectivity index (χ2v) is 7.32. The zero-order valence-corrected chi connectivity index (χ0v) is 14.9. The smallest absolute Gasteiger partial charge is 0.187 e. The molecule has 1 aromatic carbocycles. The van der Waals surface area contributed by atoms with E-state index in [4.69, 9.17) is 9.47 Å². The molecule has 0 amide bonds. The lowest BCUT2D eigenvalue weighted by Crippen LogP contribution is -2.36. The highest BCUT2D eigenvalue weighted by molar-refractivity contribution is 5.22. The van der Waals surface area contributed by atoms with Gasteiger partial charge in [-0.2, -0.15) is 0 Å². The SMILES string of the molecule is Cc1cccc(CCC2(Cn3ccnc3)OCC(CC(C)C)O2)c1. The largest absolute Gasteiger partial charge is 0.345 e. The number of rotatable bonds is 7. The lowest BCUT2D eigenvalue weighted by atomic mass is 10.0. The third-order valence-electron chi connectivity index (χ3n) is 4.51. The molecule has 2 aromatic rings. The summed E-state index contributed by atoms with van der Waals surface area (Å²) in [5, 5.41) is 0. The Bertz CT molecular complexity index is 639. The van der Waals surface area contributed by atoms with E-state index < -0.39 is 5.79 Å². The van der Waals surface area contributed by atoms with E-state index >= 15 is 0 Å². The van der Waals surface area contributed by atoms with Crippen LogP contribution in [0, 0.1) is 12.8 Å². The highest BCUT2D eigenvalue weighted by atomic mass is 16.7. The summed E-state index contributed by atoms with van der Waals surface area (Å²) in [5.41, 5.74) is 2.63. The van der Waals surface area contributed by atoms with Crippen LogP contribution in [0.1, 0.15) is 37.8 Å². The van der Waals surface area contributed by atoms with Gasteiger partial charge >= 0.3 is 0 Å². The van der Waals surface area contributed by atoms with Crippen molar-refractivity contribution in [3.63, 3.8) is 0 Å². The number of hydrogen-bond acceptors (Lipinski definition) is 3. The van der Waals surface area contributed by atoms with Gasteiger partial charge in [-0.15, -0.1) is 0 Å². The molecule has 0 spiro atoms. The lowest BCUT2D eigenvalue weighted by molar-refractivity contribution is -0.183. The van der Waals surface area contributed by atoms with Crippen molar-refractivity contribution in [2.45, 2.75) is 58.5 Å². The molecule has 0 radical (unpaired) electrons. The topological polar surface area (TPSA) is 36.3 Å². The molecule has 130 valence electrons. The maximum Gasteiger partial charge on any atom is 0.187 e. The van der Waals surface area contributed by atoms with Gasteiger partial charge in [0.2, 0.25) is 0 Å². The van der Waals surface area contributed by atoms with Crippen LogP contribution in [0.25, 0.3) is 0 Å². The van der Waals surface area contributed by atoms with Gasteiger partial charge in [-0.25, -0.2) is 4.98 Å². The minimum absolute atomic E-state index is 0.186. The first-order chi connectivity index (χ1) is 11.5. The Kier molecular flexibility index (Phi) is 5.36. The molecule has 4 heteroatoms. The van der Waals surface area contributed by atoms with E-state index in [1.54, 1.807) is 6.20 Å². The van der Waals surface area contributed by atoms with Crippen molar-refractivity contribution in [3.8, 4) is 0 Å². The zero-order valence-electron chi connectivity index (χ0n) is 14.9. The maximum atomic E-state index is 6.41. The number of benzene rings is 1. The second kappa shape index (κ2) is 7.49. The van der Waals surface area contributed by atoms with Gasteiger partial charge in [0.05, 0.1) is 25.6 Å². The third-order valence-corrected chi connectivity index (χ3v) is 4.51.